The second-order valence-corrected chi connectivity index (χ2v) is 8.72. The van der Waals surface area contributed by atoms with Gasteiger partial charge in [0.1, 0.15) is 30.0 Å². The molecule has 3 aromatic rings. The smallest absolute Gasteiger partial charge is 0.252 e. The Morgan fingerprint density at radius 3 is 2.65 bits per heavy atom. The molecule has 1 aliphatic carbocycles. The minimum absolute atomic E-state index is 0.131. The van der Waals surface area contributed by atoms with E-state index in [9.17, 15) is 13.9 Å². The molecule has 1 aromatic carbocycles. The molecule has 0 saturated heterocycles. The van der Waals surface area contributed by atoms with Crippen LogP contribution in [0.5, 0.6) is 5.75 Å². The van der Waals surface area contributed by atoms with Crippen molar-refractivity contribution in [3.8, 4) is 28.4 Å². The summed E-state index contributed by atoms with van der Waals surface area (Å²) in [4.78, 5) is 9.47. The van der Waals surface area contributed by atoms with Gasteiger partial charge in [-0.05, 0) is 40.0 Å². The van der Waals surface area contributed by atoms with E-state index in [-0.39, 0.29) is 25.5 Å². The molecule has 3 N–H and O–H groups in total. The van der Waals surface area contributed by atoms with E-state index >= 15 is 0 Å². The van der Waals surface area contributed by atoms with E-state index < -0.39 is 12.0 Å². The van der Waals surface area contributed by atoms with Crippen molar-refractivity contribution in [3.05, 3.63) is 41.3 Å². The largest absolute Gasteiger partial charge is 0.491 e. The van der Waals surface area contributed by atoms with Crippen molar-refractivity contribution in [1.29, 1.82) is 0 Å². The molecular formula is C24H29F2N5O3. The van der Waals surface area contributed by atoms with E-state index in [0.717, 1.165) is 11.1 Å². The number of hydrogen-bond donors (Lipinski definition) is 3. The first-order chi connectivity index (χ1) is 16.2. The van der Waals surface area contributed by atoms with Gasteiger partial charge >= 0.3 is 0 Å². The number of nitrogens with one attached hydrogen (secondary N) is 2. The van der Waals surface area contributed by atoms with Crippen LogP contribution < -0.4 is 15.4 Å². The highest BCUT2D eigenvalue weighted by Gasteiger charge is 2.45. The number of aromatic nitrogens is 3. The van der Waals surface area contributed by atoms with Gasteiger partial charge in [0.15, 0.2) is 5.82 Å². The normalized spacial score (nSPS) is 16.2. The number of nitrogens with zero attached hydrogens (tertiary/aromatic N) is 3. The van der Waals surface area contributed by atoms with Crippen molar-refractivity contribution in [2.45, 2.75) is 51.7 Å². The molecule has 1 unspecified atom stereocenters. The Bertz CT molecular complexity index is 1140. The summed E-state index contributed by atoms with van der Waals surface area (Å²) < 4.78 is 37.9. The van der Waals surface area contributed by atoms with E-state index in [1.54, 1.807) is 26.1 Å². The van der Waals surface area contributed by atoms with Crippen LogP contribution in [0.1, 0.15) is 29.9 Å². The molecule has 1 saturated carbocycles. The molecule has 0 aliphatic heterocycles. The fourth-order valence-electron chi connectivity index (χ4n) is 4.02. The summed E-state index contributed by atoms with van der Waals surface area (Å²) in [6, 6.07) is 6.87. The van der Waals surface area contributed by atoms with Gasteiger partial charge < -0.3 is 25.0 Å². The summed E-state index contributed by atoms with van der Waals surface area (Å²) in [6.07, 6.45) is -1.11. The lowest BCUT2D eigenvalue weighted by Gasteiger charge is -2.36. The zero-order chi connectivity index (χ0) is 24.5. The number of benzene rings is 1. The Labute approximate surface area is 196 Å². The van der Waals surface area contributed by atoms with Gasteiger partial charge in [0.25, 0.3) is 5.92 Å². The summed E-state index contributed by atoms with van der Waals surface area (Å²) in [5.74, 6) is -0.562. The molecule has 4 rings (SSSR count). The number of likely N-dealkylation sites (N-methyl/N-ethyl adjacent to an activating group) is 1. The van der Waals surface area contributed by atoms with Crippen molar-refractivity contribution in [3.63, 3.8) is 0 Å². The predicted octanol–water partition coefficient (Wildman–Crippen LogP) is 3.89. The number of halogens is 2. The van der Waals surface area contributed by atoms with Crippen LogP contribution in [0.4, 0.5) is 14.6 Å². The Kier molecular flexibility index (Phi) is 6.81. The van der Waals surface area contributed by atoms with E-state index in [4.69, 9.17) is 14.2 Å². The van der Waals surface area contributed by atoms with Crippen LogP contribution in [-0.4, -0.2) is 58.5 Å². The molecule has 182 valence electrons. The summed E-state index contributed by atoms with van der Waals surface area (Å²) in [5.41, 5.74) is 3.49. The Morgan fingerprint density at radius 2 is 2.00 bits per heavy atom. The fraction of sp³-hybridized carbons (Fsp3) is 0.458. The predicted molar refractivity (Wildman–Crippen MR) is 124 cm³/mol. The summed E-state index contributed by atoms with van der Waals surface area (Å²) in [5, 5.41) is 20.0. The average molecular weight is 474 g/mol. The monoisotopic (exact) mass is 473 g/mol. The minimum atomic E-state index is -2.64. The van der Waals surface area contributed by atoms with Crippen LogP contribution in [-0.2, 0) is 0 Å². The van der Waals surface area contributed by atoms with Crippen LogP contribution in [0.2, 0.25) is 0 Å². The summed E-state index contributed by atoms with van der Waals surface area (Å²) >= 11 is 0. The van der Waals surface area contributed by atoms with Gasteiger partial charge in [-0.3, -0.25) is 0 Å². The maximum atomic E-state index is 13.4. The number of hydrogen-bond acceptors (Lipinski definition) is 8. The molecule has 1 fully saturated rings. The molecule has 2 aromatic heterocycles. The zero-order valence-corrected chi connectivity index (χ0v) is 19.7. The van der Waals surface area contributed by atoms with Gasteiger partial charge in [-0.2, -0.15) is 0 Å². The van der Waals surface area contributed by atoms with E-state index in [1.165, 1.54) is 0 Å². The van der Waals surface area contributed by atoms with E-state index in [1.807, 2.05) is 26.0 Å². The molecule has 34 heavy (non-hydrogen) atoms. The van der Waals surface area contributed by atoms with Gasteiger partial charge in [0.05, 0.1) is 17.0 Å². The highest BCUT2D eigenvalue weighted by molar-refractivity contribution is 5.74. The molecule has 8 nitrogen and oxygen atoms in total. The number of anilines is 1. The second-order valence-electron chi connectivity index (χ2n) is 8.72. The molecule has 0 bridgehead atoms. The number of aryl methyl sites for hydroxylation is 2. The van der Waals surface area contributed by atoms with Gasteiger partial charge in [0, 0.05) is 36.6 Å². The first kappa shape index (κ1) is 24.0. The first-order valence-electron chi connectivity index (χ1n) is 11.2. The van der Waals surface area contributed by atoms with Crippen molar-refractivity contribution in [1.82, 2.24) is 20.4 Å². The van der Waals surface area contributed by atoms with Crippen molar-refractivity contribution in [2.24, 2.45) is 0 Å². The van der Waals surface area contributed by atoms with Gasteiger partial charge in [-0.1, -0.05) is 17.3 Å². The van der Waals surface area contributed by atoms with Gasteiger partial charge in [-0.25, -0.2) is 18.7 Å². The lowest BCUT2D eigenvalue weighted by molar-refractivity contribution is -0.0794. The molecule has 0 spiro atoms. The quantitative estimate of drug-likeness (QED) is 0.430. The van der Waals surface area contributed by atoms with Crippen molar-refractivity contribution >= 4 is 5.82 Å². The lowest BCUT2D eigenvalue weighted by Crippen LogP contribution is -2.44. The first-order valence-corrected chi connectivity index (χ1v) is 11.2. The van der Waals surface area contributed by atoms with Crippen LogP contribution in [0.15, 0.2) is 28.8 Å². The number of aliphatic hydroxyl groups excluding tert-OH is 1. The molecule has 10 heteroatoms. The topological polar surface area (TPSA) is 105 Å². The highest BCUT2D eigenvalue weighted by atomic mass is 19.3. The molecule has 1 aliphatic rings. The molecule has 1 atom stereocenters. The standard InChI is InChI=1S/C24H29F2N5O3/c1-13-21(20-14(2)31-34-15(20)3)29-23(30-22(13)28-17-9-24(25,26)10-17)16-6-5-7-19(8-16)33-12-18(32)11-27-4/h5-8,17-18,27,32H,9-12H2,1-4H3,(H,28,29,30). The molecule has 0 radical (unpaired) electrons. The zero-order valence-electron chi connectivity index (χ0n) is 19.7. The number of alkyl halides is 2. The van der Waals surface area contributed by atoms with Crippen LogP contribution in [0.3, 0.4) is 0 Å². The average Bonchev–Trinajstić information content (AvgIpc) is 3.11. The fourth-order valence-corrected chi connectivity index (χ4v) is 4.02. The van der Waals surface area contributed by atoms with E-state index in [0.29, 0.717) is 46.6 Å². The minimum Gasteiger partial charge on any atom is -0.491 e. The third-order valence-electron chi connectivity index (χ3n) is 5.82. The Hall–Kier alpha value is -3.11. The lowest BCUT2D eigenvalue weighted by atomic mass is 9.88. The van der Waals surface area contributed by atoms with Gasteiger partial charge in [-0.15, -0.1) is 0 Å². The van der Waals surface area contributed by atoms with Crippen molar-refractivity contribution < 1.29 is 23.1 Å². The van der Waals surface area contributed by atoms with Crippen LogP contribution in [0, 0.1) is 20.8 Å². The summed E-state index contributed by atoms with van der Waals surface area (Å²) in [6.45, 7) is 6.04. The van der Waals surface area contributed by atoms with E-state index in [2.05, 4.69) is 20.8 Å². The second kappa shape index (κ2) is 9.63. The number of rotatable bonds is 9. The van der Waals surface area contributed by atoms with Crippen LogP contribution in [0.25, 0.3) is 22.6 Å². The maximum Gasteiger partial charge on any atom is 0.252 e. The highest BCUT2D eigenvalue weighted by Crippen LogP contribution is 2.40. The van der Waals surface area contributed by atoms with Gasteiger partial charge in [0.2, 0.25) is 0 Å². The van der Waals surface area contributed by atoms with Crippen molar-refractivity contribution in [2.75, 3.05) is 25.5 Å². The molecular weight excluding hydrogens is 444 g/mol. The Balaban J connectivity index is 1.70. The molecule has 0 amide bonds. The third kappa shape index (κ3) is 5.18. The molecule has 2 heterocycles. The number of ether oxygens (including phenoxy) is 1. The number of aliphatic hydroxyl groups is 1. The third-order valence-corrected chi connectivity index (χ3v) is 5.82. The SMILES string of the molecule is CNCC(O)COc1cccc(-c2nc(NC3CC(F)(F)C3)c(C)c(-c3c(C)noc3C)n2)c1. The Morgan fingerprint density at radius 1 is 1.24 bits per heavy atom. The van der Waals surface area contributed by atoms with Crippen LogP contribution >= 0.6 is 0 Å². The maximum absolute atomic E-state index is 13.4. The summed E-state index contributed by atoms with van der Waals surface area (Å²) in [7, 11) is 1.76.